The molecule has 1 unspecified atom stereocenters. The maximum atomic E-state index is 11.4. The third-order valence-corrected chi connectivity index (χ3v) is 2.60. The zero-order valence-corrected chi connectivity index (χ0v) is 10.6. The summed E-state index contributed by atoms with van der Waals surface area (Å²) in [5, 5.41) is 2.83. The van der Waals surface area contributed by atoms with Crippen molar-refractivity contribution in [2.24, 2.45) is 0 Å². The molecule has 1 rings (SSSR count). The van der Waals surface area contributed by atoms with Crippen LogP contribution in [0.5, 0.6) is 0 Å². The molecule has 1 amide bonds. The number of carbonyl (C=O) groups is 2. The number of amides is 1. The minimum absolute atomic E-state index is 0.0297. The Kier molecular flexibility index (Phi) is 4.88. The van der Waals surface area contributed by atoms with Crippen LogP contribution < -0.4 is 5.32 Å². The number of rotatable bonds is 5. The number of hydrogen-bond donors (Lipinski definition) is 1. The van der Waals surface area contributed by atoms with Crippen molar-refractivity contribution in [1.29, 1.82) is 0 Å². The van der Waals surface area contributed by atoms with E-state index in [-0.39, 0.29) is 24.2 Å². The SMILES string of the molecule is CC(=O)CC(=O)NC(C)Cc1ccccc1C. The quantitative estimate of drug-likeness (QED) is 0.791. The van der Waals surface area contributed by atoms with Crippen LogP contribution in [0.25, 0.3) is 0 Å². The van der Waals surface area contributed by atoms with Crippen LogP contribution in [-0.4, -0.2) is 17.7 Å². The Labute approximate surface area is 102 Å². The summed E-state index contributed by atoms with van der Waals surface area (Å²) in [7, 11) is 0. The second kappa shape index (κ2) is 6.18. The second-order valence-corrected chi connectivity index (χ2v) is 4.48. The van der Waals surface area contributed by atoms with Crippen molar-refractivity contribution in [2.45, 2.75) is 39.7 Å². The molecule has 0 radical (unpaired) electrons. The van der Waals surface area contributed by atoms with Gasteiger partial charge < -0.3 is 5.32 Å². The van der Waals surface area contributed by atoms with Gasteiger partial charge >= 0.3 is 0 Å². The van der Waals surface area contributed by atoms with Gasteiger partial charge in [-0.2, -0.15) is 0 Å². The van der Waals surface area contributed by atoms with Crippen LogP contribution in [0.1, 0.15) is 31.4 Å². The van der Waals surface area contributed by atoms with Crippen molar-refractivity contribution >= 4 is 11.7 Å². The Balaban J connectivity index is 2.50. The fraction of sp³-hybridized carbons (Fsp3) is 0.429. The van der Waals surface area contributed by atoms with Crippen molar-refractivity contribution in [2.75, 3.05) is 0 Å². The lowest BCUT2D eigenvalue weighted by Gasteiger charge is -2.14. The van der Waals surface area contributed by atoms with Crippen molar-refractivity contribution in [3.05, 3.63) is 35.4 Å². The molecule has 0 spiro atoms. The van der Waals surface area contributed by atoms with Crippen LogP contribution in [0.4, 0.5) is 0 Å². The van der Waals surface area contributed by atoms with E-state index in [1.807, 2.05) is 19.1 Å². The highest BCUT2D eigenvalue weighted by Crippen LogP contribution is 2.09. The second-order valence-electron chi connectivity index (χ2n) is 4.48. The van der Waals surface area contributed by atoms with Crippen molar-refractivity contribution in [3.63, 3.8) is 0 Å². The predicted molar refractivity (Wildman–Crippen MR) is 67.8 cm³/mol. The summed E-state index contributed by atoms with van der Waals surface area (Å²) in [4.78, 5) is 22.2. The molecule has 0 saturated heterocycles. The predicted octanol–water partition coefficient (Wildman–Crippen LogP) is 2.02. The van der Waals surface area contributed by atoms with E-state index in [1.54, 1.807) is 0 Å². The van der Waals surface area contributed by atoms with Gasteiger partial charge in [-0.05, 0) is 38.3 Å². The maximum Gasteiger partial charge on any atom is 0.227 e. The first-order valence-electron chi connectivity index (χ1n) is 5.82. The maximum absolute atomic E-state index is 11.4. The normalized spacial score (nSPS) is 11.9. The molecule has 3 heteroatoms. The Morgan fingerprint density at radius 3 is 2.53 bits per heavy atom. The van der Waals surface area contributed by atoms with Gasteiger partial charge in [0, 0.05) is 6.04 Å². The van der Waals surface area contributed by atoms with Crippen molar-refractivity contribution in [1.82, 2.24) is 5.32 Å². The first-order valence-corrected chi connectivity index (χ1v) is 5.82. The van der Waals surface area contributed by atoms with E-state index in [1.165, 1.54) is 18.1 Å². The molecule has 0 aromatic heterocycles. The zero-order chi connectivity index (χ0) is 12.8. The Bertz CT molecular complexity index is 412. The summed E-state index contributed by atoms with van der Waals surface area (Å²) in [6.07, 6.45) is 0.758. The molecule has 0 bridgehead atoms. The molecule has 0 aliphatic rings. The highest BCUT2D eigenvalue weighted by Gasteiger charge is 2.10. The molecule has 1 N–H and O–H groups in total. The molecule has 0 saturated carbocycles. The van der Waals surface area contributed by atoms with Crippen molar-refractivity contribution in [3.8, 4) is 0 Å². The lowest BCUT2D eigenvalue weighted by molar-refractivity contribution is -0.127. The Morgan fingerprint density at radius 1 is 1.29 bits per heavy atom. The molecule has 17 heavy (non-hydrogen) atoms. The number of carbonyl (C=O) groups excluding carboxylic acids is 2. The molecule has 3 nitrogen and oxygen atoms in total. The van der Waals surface area contributed by atoms with Gasteiger partial charge in [0.1, 0.15) is 5.78 Å². The third-order valence-electron chi connectivity index (χ3n) is 2.60. The van der Waals surface area contributed by atoms with Gasteiger partial charge in [-0.25, -0.2) is 0 Å². The molecule has 92 valence electrons. The van der Waals surface area contributed by atoms with E-state index in [2.05, 4.69) is 24.4 Å². The van der Waals surface area contributed by atoms with E-state index < -0.39 is 0 Å². The number of aryl methyl sites for hydroxylation is 1. The summed E-state index contributed by atoms with van der Waals surface area (Å²) < 4.78 is 0. The number of nitrogens with one attached hydrogen (secondary N) is 1. The van der Waals surface area contributed by atoms with E-state index in [4.69, 9.17) is 0 Å². The topological polar surface area (TPSA) is 46.2 Å². The monoisotopic (exact) mass is 233 g/mol. The van der Waals surface area contributed by atoms with E-state index in [9.17, 15) is 9.59 Å². The molecular formula is C14H19NO2. The van der Waals surface area contributed by atoms with Crippen LogP contribution in [0, 0.1) is 6.92 Å². The smallest absolute Gasteiger partial charge is 0.227 e. The van der Waals surface area contributed by atoms with Crippen LogP contribution in [0.2, 0.25) is 0 Å². The summed E-state index contributed by atoms with van der Waals surface area (Å²) in [5.41, 5.74) is 2.45. The fourth-order valence-corrected chi connectivity index (χ4v) is 1.77. The molecule has 0 aliphatic carbocycles. The molecule has 1 aromatic rings. The molecule has 0 aliphatic heterocycles. The van der Waals surface area contributed by atoms with Crippen LogP contribution >= 0.6 is 0 Å². The summed E-state index contributed by atoms with van der Waals surface area (Å²) >= 11 is 0. The summed E-state index contributed by atoms with van der Waals surface area (Å²) in [5.74, 6) is -0.302. The zero-order valence-electron chi connectivity index (χ0n) is 10.6. The van der Waals surface area contributed by atoms with Gasteiger partial charge in [0.15, 0.2) is 0 Å². The van der Waals surface area contributed by atoms with Gasteiger partial charge in [0.25, 0.3) is 0 Å². The highest BCUT2D eigenvalue weighted by molar-refractivity contribution is 5.96. The largest absolute Gasteiger partial charge is 0.353 e. The molecule has 1 aromatic carbocycles. The molecular weight excluding hydrogens is 214 g/mol. The number of ketones is 1. The van der Waals surface area contributed by atoms with Gasteiger partial charge in [-0.1, -0.05) is 24.3 Å². The van der Waals surface area contributed by atoms with Crippen LogP contribution in [-0.2, 0) is 16.0 Å². The van der Waals surface area contributed by atoms with Gasteiger partial charge in [-0.3, -0.25) is 9.59 Å². The Morgan fingerprint density at radius 2 is 1.94 bits per heavy atom. The van der Waals surface area contributed by atoms with Crippen molar-refractivity contribution < 1.29 is 9.59 Å². The van der Waals surface area contributed by atoms with Gasteiger partial charge in [0.05, 0.1) is 6.42 Å². The van der Waals surface area contributed by atoms with E-state index in [0.717, 1.165) is 6.42 Å². The minimum Gasteiger partial charge on any atom is -0.353 e. The summed E-state index contributed by atoms with van der Waals surface area (Å²) in [6.45, 7) is 5.43. The number of benzene rings is 1. The van der Waals surface area contributed by atoms with Crippen LogP contribution in [0.15, 0.2) is 24.3 Å². The standard InChI is InChI=1S/C14H19NO2/c1-10-6-4-5-7-13(10)8-11(2)15-14(17)9-12(3)16/h4-7,11H,8-9H2,1-3H3,(H,15,17). The first-order chi connectivity index (χ1) is 7.99. The molecule has 1 atom stereocenters. The highest BCUT2D eigenvalue weighted by atomic mass is 16.2. The fourth-order valence-electron chi connectivity index (χ4n) is 1.77. The number of hydrogen-bond acceptors (Lipinski definition) is 2. The Hall–Kier alpha value is -1.64. The van der Waals surface area contributed by atoms with E-state index >= 15 is 0 Å². The first kappa shape index (κ1) is 13.4. The number of Topliss-reactive ketones (excluding diaryl/α,β-unsaturated/α-hetero) is 1. The lowest BCUT2D eigenvalue weighted by atomic mass is 10.0. The van der Waals surface area contributed by atoms with Gasteiger partial charge in [0.2, 0.25) is 5.91 Å². The average Bonchev–Trinajstić information content (AvgIpc) is 2.19. The minimum atomic E-state index is -0.196. The van der Waals surface area contributed by atoms with Crippen LogP contribution in [0.3, 0.4) is 0 Å². The lowest BCUT2D eigenvalue weighted by Crippen LogP contribution is -2.35. The molecule has 0 heterocycles. The molecule has 0 fully saturated rings. The third kappa shape index (κ3) is 4.81. The summed E-state index contributed by atoms with van der Waals surface area (Å²) in [6, 6.07) is 8.15. The van der Waals surface area contributed by atoms with E-state index in [0.29, 0.717) is 0 Å². The van der Waals surface area contributed by atoms with Gasteiger partial charge in [-0.15, -0.1) is 0 Å². The average molecular weight is 233 g/mol.